The zero-order valence-corrected chi connectivity index (χ0v) is 11.7. The molecule has 0 bridgehead atoms. The lowest BCUT2D eigenvalue weighted by atomic mass is 10.2. The Kier molecular flexibility index (Phi) is 3.92. The Labute approximate surface area is 130 Å². The molecule has 0 aliphatic heterocycles. The van der Waals surface area contributed by atoms with E-state index in [1.54, 1.807) is 42.5 Å². The molecule has 1 aromatic heterocycles. The molecule has 114 valence electrons. The number of para-hydroxylation sites is 1. The molecule has 0 N–H and O–H groups in total. The van der Waals surface area contributed by atoms with Crippen LogP contribution in [0.3, 0.4) is 0 Å². The molecule has 0 radical (unpaired) electrons. The summed E-state index contributed by atoms with van der Waals surface area (Å²) in [4.78, 5) is 10.5. The van der Waals surface area contributed by atoms with Gasteiger partial charge in [-0.3, -0.25) is 10.1 Å². The summed E-state index contributed by atoms with van der Waals surface area (Å²) >= 11 is 0. The minimum atomic E-state index is -0.506. The monoisotopic (exact) mass is 311 g/mol. The van der Waals surface area contributed by atoms with Crippen LogP contribution < -0.4 is 0 Å². The highest BCUT2D eigenvalue weighted by molar-refractivity contribution is 5.69. The molecular formula is C16H10FN3O3. The van der Waals surface area contributed by atoms with Crippen molar-refractivity contribution in [2.75, 3.05) is 0 Å². The maximum absolute atomic E-state index is 12.8. The number of benzene rings is 2. The van der Waals surface area contributed by atoms with Crippen LogP contribution in [-0.4, -0.2) is 15.1 Å². The van der Waals surface area contributed by atoms with Crippen LogP contribution in [0.2, 0.25) is 0 Å². The lowest BCUT2D eigenvalue weighted by molar-refractivity contribution is -0.384. The van der Waals surface area contributed by atoms with Gasteiger partial charge in [-0.1, -0.05) is 24.3 Å². The normalized spacial score (nSPS) is 11.0. The van der Waals surface area contributed by atoms with E-state index in [-0.39, 0.29) is 28.8 Å². The first-order chi connectivity index (χ1) is 11.1. The summed E-state index contributed by atoms with van der Waals surface area (Å²) in [7, 11) is 0. The predicted octanol–water partition coefficient (Wildman–Crippen LogP) is 3.95. The van der Waals surface area contributed by atoms with Crippen LogP contribution in [0.15, 0.2) is 52.9 Å². The third kappa shape index (κ3) is 3.29. The van der Waals surface area contributed by atoms with Crippen LogP contribution in [0.4, 0.5) is 10.1 Å². The van der Waals surface area contributed by atoms with E-state index < -0.39 is 4.92 Å². The molecule has 0 saturated heterocycles. The van der Waals surface area contributed by atoms with Gasteiger partial charge in [0.2, 0.25) is 5.89 Å². The van der Waals surface area contributed by atoms with Gasteiger partial charge in [0, 0.05) is 12.1 Å². The van der Waals surface area contributed by atoms with Gasteiger partial charge >= 0.3 is 0 Å². The van der Waals surface area contributed by atoms with Gasteiger partial charge in [0.25, 0.3) is 11.6 Å². The summed E-state index contributed by atoms with van der Waals surface area (Å²) in [6, 6.07) is 12.0. The molecule has 2 aromatic carbocycles. The quantitative estimate of drug-likeness (QED) is 0.538. The van der Waals surface area contributed by atoms with E-state index >= 15 is 0 Å². The first-order valence-corrected chi connectivity index (χ1v) is 6.64. The van der Waals surface area contributed by atoms with Crippen molar-refractivity contribution < 1.29 is 13.7 Å². The minimum absolute atomic E-state index is 0.0658. The molecule has 0 unspecified atom stereocenters. The smallest absolute Gasteiger partial charge is 0.282 e. The molecule has 0 aliphatic rings. The Bertz CT molecular complexity index is 872. The molecule has 0 spiro atoms. The van der Waals surface area contributed by atoms with Crippen molar-refractivity contribution in [1.82, 2.24) is 10.2 Å². The van der Waals surface area contributed by atoms with Crippen molar-refractivity contribution in [3.63, 3.8) is 0 Å². The number of aromatic nitrogens is 2. The van der Waals surface area contributed by atoms with Crippen LogP contribution in [0.5, 0.6) is 0 Å². The highest BCUT2D eigenvalue weighted by atomic mass is 19.1. The molecule has 3 aromatic rings. The third-order valence-corrected chi connectivity index (χ3v) is 3.06. The van der Waals surface area contributed by atoms with Crippen LogP contribution >= 0.6 is 0 Å². The topological polar surface area (TPSA) is 82.1 Å². The Morgan fingerprint density at radius 1 is 1.04 bits per heavy atom. The molecule has 23 heavy (non-hydrogen) atoms. The summed E-state index contributed by atoms with van der Waals surface area (Å²) in [5.74, 6) is -0.0582. The van der Waals surface area contributed by atoms with Gasteiger partial charge in [0.15, 0.2) is 0 Å². The molecule has 0 saturated carbocycles. The summed E-state index contributed by atoms with van der Waals surface area (Å²) in [5, 5.41) is 18.7. The van der Waals surface area contributed by atoms with Crippen molar-refractivity contribution in [3.05, 3.63) is 75.9 Å². The molecule has 0 fully saturated rings. The van der Waals surface area contributed by atoms with Crippen molar-refractivity contribution in [1.29, 1.82) is 0 Å². The van der Waals surface area contributed by atoms with Gasteiger partial charge in [-0.25, -0.2) is 4.39 Å². The van der Waals surface area contributed by atoms with Crippen molar-refractivity contribution in [3.8, 4) is 11.5 Å². The second-order valence-electron chi connectivity index (χ2n) is 4.60. The fraction of sp³-hybridized carbons (Fsp3) is 0. The summed E-state index contributed by atoms with van der Waals surface area (Å²) in [6.07, 6.45) is 3.23. The number of rotatable bonds is 4. The highest BCUT2D eigenvalue weighted by Crippen LogP contribution is 2.28. The van der Waals surface area contributed by atoms with Gasteiger partial charge in [-0.2, -0.15) is 0 Å². The number of nitrogens with zero attached hydrogens (tertiary/aromatic N) is 3. The van der Waals surface area contributed by atoms with Crippen molar-refractivity contribution in [2.24, 2.45) is 0 Å². The first kappa shape index (κ1) is 14.6. The van der Waals surface area contributed by atoms with E-state index in [2.05, 4.69) is 10.2 Å². The summed E-state index contributed by atoms with van der Waals surface area (Å²) < 4.78 is 18.2. The maximum atomic E-state index is 12.8. The van der Waals surface area contributed by atoms with E-state index in [9.17, 15) is 14.5 Å². The second-order valence-corrected chi connectivity index (χ2v) is 4.60. The number of hydrogen-bond donors (Lipinski definition) is 0. The molecule has 7 heteroatoms. The van der Waals surface area contributed by atoms with Crippen LogP contribution in [-0.2, 0) is 0 Å². The molecule has 1 heterocycles. The maximum Gasteiger partial charge on any atom is 0.282 e. The summed E-state index contributed by atoms with van der Waals surface area (Å²) in [6.45, 7) is 0. The van der Waals surface area contributed by atoms with Gasteiger partial charge in [-0.05, 0) is 29.8 Å². The largest absolute Gasteiger partial charge is 0.417 e. The standard InChI is InChI=1S/C16H10FN3O3/c17-12-8-5-11(6-9-12)7-10-15-18-19-16(23-15)13-3-1-2-4-14(13)20(21)22/h1-10H/b10-7+. The van der Waals surface area contributed by atoms with E-state index in [1.165, 1.54) is 18.2 Å². The average molecular weight is 311 g/mol. The fourth-order valence-electron chi connectivity index (χ4n) is 1.97. The van der Waals surface area contributed by atoms with Crippen LogP contribution in [0, 0.1) is 15.9 Å². The van der Waals surface area contributed by atoms with Gasteiger partial charge in [-0.15, -0.1) is 10.2 Å². The summed E-state index contributed by atoms with van der Waals surface area (Å²) in [5.41, 5.74) is 0.911. The molecule has 6 nitrogen and oxygen atoms in total. The molecule has 0 atom stereocenters. The predicted molar refractivity (Wildman–Crippen MR) is 81.7 cm³/mol. The van der Waals surface area contributed by atoms with E-state index in [0.717, 1.165) is 5.56 Å². The highest BCUT2D eigenvalue weighted by Gasteiger charge is 2.18. The first-order valence-electron chi connectivity index (χ1n) is 6.64. The van der Waals surface area contributed by atoms with Crippen molar-refractivity contribution >= 4 is 17.8 Å². The van der Waals surface area contributed by atoms with Crippen LogP contribution in [0.25, 0.3) is 23.6 Å². The Balaban J connectivity index is 1.86. The van der Waals surface area contributed by atoms with E-state index in [4.69, 9.17) is 4.42 Å². The number of hydrogen-bond acceptors (Lipinski definition) is 5. The van der Waals surface area contributed by atoms with E-state index in [1.807, 2.05) is 0 Å². The molecule has 3 rings (SSSR count). The molecule has 0 amide bonds. The second kappa shape index (κ2) is 6.18. The minimum Gasteiger partial charge on any atom is -0.417 e. The Morgan fingerprint density at radius 2 is 1.78 bits per heavy atom. The zero-order valence-electron chi connectivity index (χ0n) is 11.7. The molecule has 0 aliphatic carbocycles. The number of nitro groups is 1. The SMILES string of the molecule is O=[N+]([O-])c1ccccc1-c1nnc(/C=C/c2ccc(F)cc2)o1. The van der Waals surface area contributed by atoms with E-state index in [0.29, 0.717) is 0 Å². The molecular weight excluding hydrogens is 301 g/mol. The lowest BCUT2D eigenvalue weighted by Crippen LogP contribution is -1.91. The Hall–Kier alpha value is -3.35. The van der Waals surface area contributed by atoms with Gasteiger partial charge in [0.05, 0.1) is 4.92 Å². The van der Waals surface area contributed by atoms with Gasteiger partial charge in [0.1, 0.15) is 11.4 Å². The van der Waals surface area contributed by atoms with Crippen molar-refractivity contribution in [2.45, 2.75) is 0 Å². The number of nitro benzene ring substituents is 1. The zero-order chi connectivity index (χ0) is 16.2. The average Bonchev–Trinajstić information content (AvgIpc) is 3.03. The Morgan fingerprint density at radius 3 is 2.52 bits per heavy atom. The lowest BCUT2D eigenvalue weighted by Gasteiger charge is -1.96. The fourth-order valence-corrected chi connectivity index (χ4v) is 1.97. The van der Waals surface area contributed by atoms with Gasteiger partial charge < -0.3 is 4.42 Å². The van der Waals surface area contributed by atoms with Crippen LogP contribution in [0.1, 0.15) is 11.5 Å². The number of halogens is 1. The third-order valence-electron chi connectivity index (χ3n) is 3.06.